The number of nitrogen functional groups attached to an aromatic ring is 1. The standard InChI is InChI=1S/C17H15NO2S/c18-14-6-7-15-13(10-14)11-16(21-15)17(19)20-9-8-12-4-2-1-3-5-12/h1-7,10-11H,8-9,18H2. The van der Waals surface area contributed by atoms with Crippen molar-refractivity contribution in [2.24, 2.45) is 0 Å². The first kappa shape index (κ1) is 13.6. The Balaban J connectivity index is 1.64. The SMILES string of the molecule is Nc1ccc2sc(C(=O)OCCc3ccccc3)cc2c1. The van der Waals surface area contributed by atoms with Gasteiger partial charge in [0.1, 0.15) is 4.88 Å². The van der Waals surface area contributed by atoms with E-state index in [9.17, 15) is 4.79 Å². The third kappa shape index (κ3) is 3.23. The van der Waals surface area contributed by atoms with Crippen molar-refractivity contribution in [3.05, 3.63) is 65.0 Å². The van der Waals surface area contributed by atoms with Gasteiger partial charge in [0.25, 0.3) is 0 Å². The van der Waals surface area contributed by atoms with Crippen LogP contribution in [0.3, 0.4) is 0 Å². The third-order valence-corrected chi connectivity index (χ3v) is 4.30. The number of esters is 1. The van der Waals surface area contributed by atoms with E-state index in [1.54, 1.807) is 0 Å². The molecule has 0 unspecified atom stereocenters. The number of benzene rings is 2. The predicted molar refractivity (Wildman–Crippen MR) is 86.7 cm³/mol. The molecule has 1 aromatic heterocycles. The minimum absolute atomic E-state index is 0.272. The van der Waals surface area contributed by atoms with E-state index in [0.29, 0.717) is 17.2 Å². The molecule has 21 heavy (non-hydrogen) atoms. The lowest BCUT2D eigenvalue weighted by Gasteiger charge is -2.03. The Hall–Kier alpha value is -2.33. The molecule has 0 atom stereocenters. The number of hydrogen-bond acceptors (Lipinski definition) is 4. The van der Waals surface area contributed by atoms with Crippen LogP contribution in [0.2, 0.25) is 0 Å². The van der Waals surface area contributed by atoms with E-state index in [0.717, 1.165) is 22.1 Å². The molecule has 3 rings (SSSR count). The van der Waals surface area contributed by atoms with Gasteiger partial charge in [-0.25, -0.2) is 4.79 Å². The zero-order valence-corrected chi connectivity index (χ0v) is 12.2. The second kappa shape index (κ2) is 5.97. The summed E-state index contributed by atoms with van der Waals surface area (Å²) in [7, 11) is 0. The summed E-state index contributed by atoms with van der Waals surface area (Å²) in [5.41, 5.74) is 7.60. The van der Waals surface area contributed by atoms with Crippen LogP contribution in [-0.2, 0) is 11.2 Å². The first-order valence-corrected chi connectivity index (χ1v) is 7.54. The zero-order valence-electron chi connectivity index (χ0n) is 11.4. The summed E-state index contributed by atoms with van der Waals surface area (Å²) in [5.74, 6) is -0.272. The van der Waals surface area contributed by atoms with Gasteiger partial charge in [0.2, 0.25) is 0 Å². The van der Waals surface area contributed by atoms with E-state index in [4.69, 9.17) is 10.5 Å². The highest BCUT2D eigenvalue weighted by Crippen LogP contribution is 2.27. The number of rotatable bonds is 4. The van der Waals surface area contributed by atoms with Crippen LogP contribution in [-0.4, -0.2) is 12.6 Å². The summed E-state index contributed by atoms with van der Waals surface area (Å²) < 4.78 is 6.37. The molecule has 0 aliphatic rings. The average Bonchev–Trinajstić information content (AvgIpc) is 2.91. The molecule has 0 radical (unpaired) electrons. The summed E-state index contributed by atoms with van der Waals surface area (Å²) >= 11 is 1.43. The largest absolute Gasteiger partial charge is 0.461 e. The summed E-state index contributed by atoms with van der Waals surface area (Å²) in [6, 6.07) is 17.4. The first-order chi connectivity index (χ1) is 10.2. The number of fused-ring (bicyclic) bond motifs is 1. The lowest BCUT2D eigenvalue weighted by Crippen LogP contribution is -2.06. The molecule has 0 amide bonds. The van der Waals surface area contributed by atoms with Crippen LogP contribution >= 0.6 is 11.3 Å². The van der Waals surface area contributed by atoms with Gasteiger partial charge in [0.15, 0.2) is 0 Å². The molecule has 0 spiro atoms. The molecule has 4 heteroatoms. The Kier molecular flexibility index (Phi) is 3.88. The lowest BCUT2D eigenvalue weighted by molar-refractivity contribution is 0.0515. The van der Waals surface area contributed by atoms with E-state index in [1.165, 1.54) is 11.3 Å². The molecule has 1 heterocycles. The second-order valence-corrected chi connectivity index (χ2v) is 5.86. The normalized spacial score (nSPS) is 10.7. The third-order valence-electron chi connectivity index (χ3n) is 3.21. The van der Waals surface area contributed by atoms with E-state index in [2.05, 4.69) is 0 Å². The lowest BCUT2D eigenvalue weighted by atomic mass is 10.2. The van der Waals surface area contributed by atoms with Crippen LogP contribution in [0.4, 0.5) is 5.69 Å². The van der Waals surface area contributed by atoms with Crippen molar-refractivity contribution in [2.75, 3.05) is 12.3 Å². The van der Waals surface area contributed by atoms with Crippen molar-refractivity contribution in [3.8, 4) is 0 Å². The monoisotopic (exact) mass is 297 g/mol. The quantitative estimate of drug-likeness (QED) is 0.587. The van der Waals surface area contributed by atoms with Crippen LogP contribution in [0.25, 0.3) is 10.1 Å². The van der Waals surface area contributed by atoms with Gasteiger partial charge in [-0.3, -0.25) is 0 Å². The maximum atomic E-state index is 12.0. The van der Waals surface area contributed by atoms with E-state index >= 15 is 0 Å². The summed E-state index contributed by atoms with van der Waals surface area (Å²) in [4.78, 5) is 12.7. The molecule has 0 bridgehead atoms. The number of thiophene rings is 1. The van der Waals surface area contributed by atoms with E-state index in [1.807, 2.05) is 54.6 Å². The number of nitrogens with two attached hydrogens (primary N) is 1. The van der Waals surface area contributed by atoms with Crippen LogP contribution in [0.15, 0.2) is 54.6 Å². The molecule has 2 N–H and O–H groups in total. The van der Waals surface area contributed by atoms with Gasteiger partial charge in [0.05, 0.1) is 6.61 Å². The molecular weight excluding hydrogens is 282 g/mol. The molecule has 0 fully saturated rings. The molecule has 3 aromatic rings. The Morgan fingerprint density at radius 3 is 2.71 bits per heavy atom. The number of ether oxygens (including phenoxy) is 1. The summed E-state index contributed by atoms with van der Waals surface area (Å²) in [6.45, 7) is 0.388. The highest BCUT2D eigenvalue weighted by Gasteiger charge is 2.11. The molecule has 106 valence electrons. The second-order valence-electron chi connectivity index (χ2n) is 4.78. The van der Waals surface area contributed by atoms with Crippen molar-refractivity contribution in [1.82, 2.24) is 0 Å². The summed E-state index contributed by atoms with van der Waals surface area (Å²) in [6.07, 6.45) is 0.727. The highest BCUT2D eigenvalue weighted by atomic mass is 32.1. The summed E-state index contributed by atoms with van der Waals surface area (Å²) in [5, 5.41) is 0.981. The predicted octanol–water partition coefficient (Wildman–Crippen LogP) is 3.88. The fourth-order valence-corrected chi connectivity index (χ4v) is 3.08. The van der Waals surface area contributed by atoms with Crippen molar-refractivity contribution in [1.29, 1.82) is 0 Å². The smallest absolute Gasteiger partial charge is 0.348 e. The molecule has 0 aliphatic heterocycles. The fourth-order valence-electron chi connectivity index (χ4n) is 2.14. The van der Waals surface area contributed by atoms with Crippen molar-refractivity contribution in [3.63, 3.8) is 0 Å². The fraction of sp³-hybridized carbons (Fsp3) is 0.118. The maximum absolute atomic E-state index is 12.0. The molecule has 2 aromatic carbocycles. The van der Waals surface area contributed by atoms with Crippen LogP contribution in [0, 0.1) is 0 Å². The highest BCUT2D eigenvalue weighted by molar-refractivity contribution is 7.20. The van der Waals surface area contributed by atoms with Crippen LogP contribution in [0.5, 0.6) is 0 Å². The topological polar surface area (TPSA) is 52.3 Å². The van der Waals surface area contributed by atoms with Gasteiger partial charge in [-0.15, -0.1) is 11.3 Å². The van der Waals surface area contributed by atoms with Gasteiger partial charge in [-0.1, -0.05) is 30.3 Å². The Bertz CT molecular complexity index is 765. The van der Waals surface area contributed by atoms with Gasteiger partial charge in [-0.2, -0.15) is 0 Å². The van der Waals surface area contributed by atoms with Crippen LogP contribution < -0.4 is 5.73 Å². The number of carbonyl (C=O) groups excluding carboxylic acids is 1. The Labute approximate surface area is 127 Å². The van der Waals surface area contributed by atoms with Crippen molar-refractivity contribution in [2.45, 2.75) is 6.42 Å². The number of carbonyl (C=O) groups is 1. The van der Waals surface area contributed by atoms with Gasteiger partial charge in [0, 0.05) is 16.8 Å². The molecule has 0 aliphatic carbocycles. The van der Waals surface area contributed by atoms with E-state index in [-0.39, 0.29) is 5.97 Å². The van der Waals surface area contributed by atoms with Crippen molar-refractivity contribution < 1.29 is 9.53 Å². The Morgan fingerprint density at radius 2 is 1.90 bits per heavy atom. The Morgan fingerprint density at radius 1 is 1.10 bits per heavy atom. The molecular formula is C17H15NO2S. The minimum atomic E-state index is -0.272. The van der Waals surface area contributed by atoms with Crippen molar-refractivity contribution >= 4 is 33.1 Å². The van der Waals surface area contributed by atoms with Gasteiger partial charge >= 0.3 is 5.97 Å². The minimum Gasteiger partial charge on any atom is -0.461 e. The first-order valence-electron chi connectivity index (χ1n) is 6.72. The molecule has 0 saturated heterocycles. The average molecular weight is 297 g/mol. The van der Waals surface area contributed by atoms with Gasteiger partial charge < -0.3 is 10.5 Å². The number of hydrogen-bond donors (Lipinski definition) is 1. The van der Waals surface area contributed by atoms with Crippen LogP contribution in [0.1, 0.15) is 15.2 Å². The molecule has 0 saturated carbocycles. The van der Waals surface area contributed by atoms with E-state index < -0.39 is 0 Å². The number of anilines is 1. The molecule has 3 nitrogen and oxygen atoms in total. The van der Waals surface area contributed by atoms with Gasteiger partial charge in [-0.05, 0) is 35.2 Å². The zero-order chi connectivity index (χ0) is 14.7. The maximum Gasteiger partial charge on any atom is 0.348 e.